The van der Waals surface area contributed by atoms with Crippen molar-refractivity contribution < 1.29 is 4.39 Å². The number of halogens is 1. The number of H-pyrrole nitrogens is 1. The molecule has 0 spiro atoms. The molecule has 0 aliphatic carbocycles. The fourth-order valence-electron chi connectivity index (χ4n) is 1.88. The van der Waals surface area contributed by atoms with Crippen LogP contribution in [0.1, 0.15) is 23.5 Å². The second-order valence-electron chi connectivity index (χ2n) is 4.34. The first-order chi connectivity index (χ1) is 9.19. The van der Waals surface area contributed by atoms with Gasteiger partial charge in [0.25, 0.3) is 5.56 Å². The van der Waals surface area contributed by atoms with Gasteiger partial charge in [0.15, 0.2) is 0 Å². The molecule has 4 nitrogen and oxygen atoms in total. The number of nitrogens with zero attached hydrogens (tertiary/aromatic N) is 1. The summed E-state index contributed by atoms with van der Waals surface area (Å²) in [6, 6.07) is 7.93. The normalized spacial score (nSPS) is 10.6. The summed E-state index contributed by atoms with van der Waals surface area (Å²) in [6.45, 7) is 0.553. The lowest BCUT2D eigenvalue weighted by Crippen LogP contribution is -2.14. The Balaban J connectivity index is 2.23. The number of aromatic nitrogens is 2. The van der Waals surface area contributed by atoms with Gasteiger partial charge in [-0.25, -0.2) is 9.37 Å². The Bertz CT molecular complexity index is 610. The minimum absolute atomic E-state index is 0.214. The van der Waals surface area contributed by atoms with Crippen molar-refractivity contribution >= 4 is 0 Å². The average molecular weight is 261 g/mol. The van der Waals surface area contributed by atoms with E-state index in [9.17, 15) is 9.18 Å². The number of nitrogens with two attached hydrogens (primary N) is 1. The van der Waals surface area contributed by atoms with E-state index in [0.29, 0.717) is 30.0 Å². The Morgan fingerprint density at radius 2 is 2.11 bits per heavy atom. The molecule has 1 aromatic heterocycles. The molecule has 1 heterocycles. The van der Waals surface area contributed by atoms with Crippen LogP contribution in [-0.2, 0) is 12.8 Å². The van der Waals surface area contributed by atoms with E-state index in [1.807, 2.05) is 0 Å². The van der Waals surface area contributed by atoms with Gasteiger partial charge >= 0.3 is 0 Å². The minimum atomic E-state index is -0.294. The summed E-state index contributed by atoms with van der Waals surface area (Å²) in [6.07, 6.45) is 1.71. The van der Waals surface area contributed by atoms with E-state index in [-0.39, 0.29) is 17.8 Å². The molecule has 0 aliphatic rings. The van der Waals surface area contributed by atoms with Crippen molar-refractivity contribution in [2.24, 2.45) is 5.73 Å². The van der Waals surface area contributed by atoms with Crippen molar-refractivity contribution in [3.8, 4) is 0 Å². The third kappa shape index (κ3) is 3.72. The molecule has 5 heteroatoms. The van der Waals surface area contributed by atoms with Gasteiger partial charge < -0.3 is 10.7 Å². The van der Waals surface area contributed by atoms with Crippen molar-refractivity contribution in [1.29, 1.82) is 0 Å². The first-order valence-electron chi connectivity index (χ1n) is 6.21. The van der Waals surface area contributed by atoms with E-state index in [1.54, 1.807) is 18.2 Å². The van der Waals surface area contributed by atoms with Gasteiger partial charge in [-0.2, -0.15) is 0 Å². The van der Waals surface area contributed by atoms with Crippen LogP contribution in [0.5, 0.6) is 0 Å². The second-order valence-corrected chi connectivity index (χ2v) is 4.34. The number of aryl methyl sites for hydroxylation is 1. The standard InChI is InChI=1S/C14H16FN3O/c15-12-6-2-1-4-10(12)8-13-17-11(5-3-7-16)9-14(19)18-13/h1-2,4,6,9H,3,5,7-8,16H2,(H,17,18,19). The molecular formula is C14H16FN3O. The predicted octanol–water partition coefficient (Wildman–Crippen LogP) is 1.39. The van der Waals surface area contributed by atoms with Crippen molar-refractivity contribution in [2.75, 3.05) is 6.54 Å². The van der Waals surface area contributed by atoms with Crippen LogP contribution >= 0.6 is 0 Å². The molecule has 0 unspecified atom stereocenters. The Hall–Kier alpha value is -2.01. The molecule has 2 aromatic rings. The maximum Gasteiger partial charge on any atom is 0.251 e. The van der Waals surface area contributed by atoms with E-state index in [1.165, 1.54) is 12.1 Å². The van der Waals surface area contributed by atoms with Crippen molar-refractivity contribution in [2.45, 2.75) is 19.3 Å². The molecular weight excluding hydrogens is 245 g/mol. The Labute approximate surface area is 110 Å². The van der Waals surface area contributed by atoms with Crippen molar-refractivity contribution in [3.63, 3.8) is 0 Å². The molecule has 0 amide bonds. The zero-order valence-electron chi connectivity index (χ0n) is 10.5. The van der Waals surface area contributed by atoms with E-state index < -0.39 is 0 Å². The summed E-state index contributed by atoms with van der Waals surface area (Å²) in [5, 5.41) is 0. The van der Waals surface area contributed by atoms with E-state index in [0.717, 1.165) is 6.42 Å². The summed E-state index contributed by atoms with van der Waals surface area (Å²) >= 11 is 0. The van der Waals surface area contributed by atoms with Crippen LogP contribution in [0.2, 0.25) is 0 Å². The van der Waals surface area contributed by atoms with Crippen LogP contribution in [0, 0.1) is 5.82 Å². The lowest BCUT2D eigenvalue weighted by molar-refractivity contribution is 0.611. The predicted molar refractivity (Wildman–Crippen MR) is 71.4 cm³/mol. The lowest BCUT2D eigenvalue weighted by atomic mass is 10.1. The number of hydrogen-bond acceptors (Lipinski definition) is 3. The topological polar surface area (TPSA) is 71.8 Å². The van der Waals surface area contributed by atoms with Gasteiger partial charge in [0, 0.05) is 18.2 Å². The van der Waals surface area contributed by atoms with E-state index >= 15 is 0 Å². The first-order valence-corrected chi connectivity index (χ1v) is 6.21. The maximum absolute atomic E-state index is 13.5. The van der Waals surface area contributed by atoms with E-state index in [4.69, 9.17) is 5.73 Å². The molecule has 19 heavy (non-hydrogen) atoms. The quantitative estimate of drug-likeness (QED) is 0.854. The molecule has 0 saturated carbocycles. The highest BCUT2D eigenvalue weighted by atomic mass is 19.1. The highest BCUT2D eigenvalue weighted by Crippen LogP contribution is 2.10. The molecule has 0 radical (unpaired) electrons. The zero-order valence-corrected chi connectivity index (χ0v) is 10.5. The monoisotopic (exact) mass is 261 g/mol. The fourth-order valence-corrected chi connectivity index (χ4v) is 1.88. The third-order valence-electron chi connectivity index (χ3n) is 2.80. The molecule has 0 bridgehead atoms. The van der Waals surface area contributed by atoms with Gasteiger partial charge in [-0.1, -0.05) is 18.2 Å². The Morgan fingerprint density at radius 3 is 2.84 bits per heavy atom. The number of benzene rings is 1. The number of aromatic amines is 1. The van der Waals surface area contributed by atoms with Gasteiger partial charge in [-0.3, -0.25) is 4.79 Å². The number of rotatable bonds is 5. The first kappa shape index (κ1) is 13.4. The highest BCUT2D eigenvalue weighted by Gasteiger charge is 2.06. The summed E-state index contributed by atoms with van der Waals surface area (Å²) in [7, 11) is 0. The van der Waals surface area contributed by atoms with Crippen LogP contribution in [0.25, 0.3) is 0 Å². The van der Waals surface area contributed by atoms with Gasteiger partial charge in [-0.15, -0.1) is 0 Å². The minimum Gasteiger partial charge on any atom is -0.330 e. The van der Waals surface area contributed by atoms with Crippen LogP contribution in [0.4, 0.5) is 4.39 Å². The van der Waals surface area contributed by atoms with Gasteiger partial charge in [-0.05, 0) is 31.0 Å². The highest BCUT2D eigenvalue weighted by molar-refractivity contribution is 5.21. The summed E-state index contributed by atoms with van der Waals surface area (Å²) < 4.78 is 13.5. The molecule has 1 aromatic carbocycles. The molecule has 0 fully saturated rings. The smallest absolute Gasteiger partial charge is 0.251 e. The van der Waals surface area contributed by atoms with Gasteiger partial charge in [0.2, 0.25) is 0 Å². The van der Waals surface area contributed by atoms with Crippen LogP contribution in [-0.4, -0.2) is 16.5 Å². The Kier molecular flexibility index (Phi) is 4.41. The van der Waals surface area contributed by atoms with Crippen LogP contribution in [0.15, 0.2) is 35.1 Å². The fraction of sp³-hybridized carbons (Fsp3) is 0.286. The molecule has 0 saturated heterocycles. The average Bonchev–Trinajstić information content (AvgIpc) is 2.38. The van der Waals surface area contributed by atoms with Crippen LogP contribution < -0.4 is 11.3 Å². The SMILES string of the molecule is NCCCc1cc(=O)[nH]c(Cc2ccccc2F)n1. The second kappa shape index (κ2) is 6.24. The largest absolute Gasteiger partial charge is 0.330 e. The molecule has 100 valence electrons. The maximum atomic E-state index is 13.5. The Morgan fingerprint density at radius 1 is 1.32 bits per heavy atom. The van der Waals surface area contributed by atoms with Gasteiger partial charge in [0.1, 0.15) is 11.6 Å². The zero-order chi connectivity index (χ0) is 13.7. The number of nitrogens with one attached hydrogen (secondary N) is 1. The van der Waals surface area contributed by atoms with E-state index in [2.05, 4.69) is 9.97 Å². The molecule has 2 rings (SSSR count). The molecule has 0 atom stereocenters. The molecule has 3 N–H and O–H groups in total. The number of hydrogen-bond donors (Lipinski definition) is 2. The summed E-state index contributed by atoms with van der Waals surface area (Å²) in [5.41, 5.74) is 6.43. The lowest BCUT2D eigenvalue weighted by Gasteiger charge is -2.05. The summed E-state index contributed by atoms with van der Waals surface area (Å²) in [5.74, 6) is 0.183. The van der Waals surface area contributed by atoms with Crippen molar-refractivity contribution in [1.82, 2.24) is 9.97 Å². The third-order valence-corrected chi connectivity index (χ3v) is 2.80. The van der Waals surface area contributed by atoms with Crippen LogP contribution in [0.3, 0.4) is 0 Å². The molecule has 0 aliphatic heterocycles. The van der Waals surface area contributed by atoms with Gasteiger partial charge in [0.05, 0.1) is 0 Å². The van der Waals surface area contributed by atoms with Crippen molar-refractivity contribution in [3.05, 3.63) is 63.6 Å². The summed E-state index contributed by atoms with van der Waals surface area (Å²) in [4.78, 5) is 18.5.